The standard InChI is InChI=1S/C13H13FN2O3S/c1-16(13-15-6-7-20-13)12(17)10-8(14)4-5-9(18-2)11(10)19-3/h4-7H,1-3H3. The van der Waals surface area contributed by atoms with Gasteiger partial charge in [0.05, 0.1) is 14.2 Å². The van der Waals surface area contributed by atoms with Crippen molar-refractivity contribution in [3.63, 3.8) is 0 Å². The molecule has 0 fully saturated rings. The zero-order valence-electron chi connectivity index (χ0n) is 11.2. The summed E-state index contributed by atoms with van der Waals surface area (Å²) < 4.78 is 24.2. The minimum atomic E-state index is -0.670. The van der Waals surface area contributed by atoms with Crippen LogP contribution in [-0.4, -0.2) is 32.2 Å². The molecule has 0 spiro atoms. The summed E-state index contributed by atoms with van der Waals surface area (Å²) in [5.41, 5.74) is -0.176. The quantitative estimate of drug-likeness (QED) is 0.870. The third kappa shape index (κ3) is 2.44. The number of hydrogen-bond donors (Lipinski definition) is 0. The average molecular weight is 296 g/mol. The molecule has 0 saturated carbocycles. The number of aromatic nitrogens is 1. The van der Waals surface area contributed by atoms with Gasteiger partial charge in [-0.05, 0) is 12.1 Å². The third-order valence-electron chi connectivity index (χ3n) is 2.72. The second kappa shape index (κ2) is 5.87. The number of benzene rings is 1. The minimum Gasteiger partial charge on any atom is -0.493 e. The highest BCUT2D eigenvalue weighted by molar-refractivity contribution is 7.13. The molecule has 0 N–H and O–H groups in total. The first-order valence-corrected chi connectivity index (χ1v) is 6.56. The van der Waals surface area contributed by atoms with Crippen LogP contribution < -0.4 is 14.4 Å². The van der Waals surface area contributed by atoms with Crippen LogP contribution in [0.25, 0.3) is 0 Å². The van der Waals surface area contributed by atoms with Gasteiger partial charge >= 0.3 is 0 Å². The van der Waals surface area contributed by atoms with Crippen molar-refractivity contribution in [1.29, 1.82) is 0 Å². The fourth-order valence-corrected chi connectivity index (χ4v) is 2.34. The van der Waals surface area contributed by atoms with E-state index in [2.05, 4.69) is 4.98 Å². The van der Waals surface area contributed by atoms with Crippen molar-refractivity contribution in [2.24, 2.45) is 0 Å². The Hall–Kier alpha value is -2.15. The highest BCUT2D eigenvalue weighted by Crippen LogP contribution is 2.34. The van der Waals surface area contributed by atoms with Crippen molar-refractivity contribution >= 4 is 22.4 Å². The molecule has 5 nitrogen and oxygen atoms in total. The number of halogens is 1. The molecular weight excluding hydrogens is 283 g/mol. The molecule has 1 amide bonds. The molecule has 1 aromatic carbocycles. The lowest BCUT2D eigenvalue weighted by Crippen LogP contribution is -2.27. The Morgan fingerprint density at radius 2 is 2.10 bits per heavy atom. The topological polar surface area (TPSA) is 51.7 Å². The lowest BCUT2D eigenvalue weighted by molar-refractivity contribution is 0.0985. The lowest BCUT2D eigenvalue weighted by atomic mass is 10.1. The second-order valence-electron chi connectivity index (χ2n) is 3.84. The van der Waals surface area contributed by atoms with E-state index in [1.54, 1.807) is 11.6 Å². The summed E-state index contributed by atoms with van der Waals surface area (Å²) in [6.07, 6.45) is 1.57. The summed E-state index contributed by atoms with van der Waals surface area (Å²) in [4.78, 5) is 17.7. The Morgan fingerprint density at radius 3 is 2.65 bits per heavy atom. The monoisotopic (exact) mass is 296 g/mol. The molecule has 7 heteroatoms. The number of rotatable bonds is 4. The number of thiazole rings is 1. The van der Waals surface area contributed by atoms with E-state index in [4.69, 9.17) is 9.47 Å². The van der Waals surface area contributed by atoms with Crippen LogP contribution in [0.5, 0.6) is 11.5 Å². The van der Waals surface area contributed by atoms with Crippen LogP contribution in [0.2, 0.25) is 0 Å². The van der Waals surface area contributed by atoms with Gasteiger partial charge in [0.15, 0.2) is 16.6 Å². The molecular formula is C13H13FN2O3S. The molecule has 0 saturated heterocycles. The maximum Gasteiger partial charge on any atom is 0.266 e. The molecule has 1 aromatic heterocycles. The number of ether oxygens (including phenoxy) is 2. The maximum atomic E-state index is 14.0. The van der Waals surface area contributed by atoms with Gasteiger partial charge in [-0.2, -0.15) is 0 Å². The lowest BCUT2D eigenvalue weighted by Gasteiger charge is -2.17. The van der Waals surface area contributed by atoms with Crippen molar-refractivity contribution < 1.29 is 18.7 Å². The molecule has 1 heterocycles. The van der Waals surface area contributed by atoms with Gasteiger partial charge in [-0.3, -0.25) is 9.69 Å². The molecule has 20 heavy (non-hydrogen) atoms. The summed E-state index contributed by atoms with van der Waals surface area (Å²) >= 11 is 1.28. The Morgan fingerprint density at radius 1 is 1.35 bits per heavy atom. The molecule has 0 aliphatic heterocycles. The highest BCUT2D eigenvalue weighted by atomic mass is 32.1. The number of carbonyl (C=O) groups is 1. The summed E-state index contributed by atoms with van der Waals surface area (Å²) in [7, 11) is 4.31. The van der Waals surface area contributed by atoms with Gasteiger partial charge in [0.1, 0.15) is 11.4 Å². The average Bonchev–Trinajstić information content (AvgIpc) is 2.99. The van der Waals surface area contributed by atoms with Crippen LogP contribution in [0.15, 0.2) is 23.7 Å². The van der Waals surface area contributed by atoms with Crippen LogP contribution in [0.4, 0.5) is 9.52 Å². The fourth-order valence-electron chi connectivity index (χ4n) is 1.74. The van der Waals surface area contributed by atoms with E-state index in [0.717, 1.165) is 0 Å². The van der Waals surface area contributed by atoms with Crippen LogP contribution in [0.1, 0.15) is 10.4 Å². The molecule has 0 radical (unpaired) electrons. The van der Waals surface area contributed by atoms with Crippen molar-refractivity contribution in [2.45, 2.75) is 0 Å². The van der Waals surface area contributed by atoms with E-state index >= 15 is 0 Å². The second-order valence-corrected chi connectivity index (χ2v) is 4.71. The molecule has 0 atom stereocenters. The molecule has 0 unspecified atom stereocenters. The molecule has 106 valence electrons. The van der Waals surface area contributed by atoms with E-state index in [1.165, 1.54) is 49.6 Å². The summed E-state index contributed by atoms with van der Waals surface area (Å²) in [5, 5.41) is 2.21. The predicted molar refractivity (Wildman–Crippen MR) is 74.4 cm³/mol. The number of amides is 1. The number of anilines is 1. The zero-order valence-corrected chi connectivity index (χ0v) is 12.0. The molecule has 0 aliphatic rings. The van der Waals surface area contributed by atoms with Crippen LogP contribution in [-0.2, 0) is 0 Å². The van der Waals surface area contributed by atoms with Gasteiger partial charge in [-0.25, -0.2) is 9.37 Å². The third-order valence-corrected chi connectivity index (χ3v) is 3.57. The van der Waals surface area contributed by atoms with Crippen LogP contribution >= 0.6 is 11.3 Å². The van der Waals surface area contributed by atoms with E-state index in [1.807, 2.05) is 0 Å². The Bertz CT molecular complexity index is 616. The molecule has 0 bridgehead atoms. The molecule has 0 aliphatic carbocycles. The van der Waals surface area contributed by atoms with E-state index in [0.29, 0.717) is 10.9 Å². The predicted octanol–water partition coefficient (Wildman–Crippen LogP) is 2.58. The van der Waals surface area contributed by atoms with Crippen molar-refractivity contribution in [1.82, 2.24) is 4.98 Å². The Labute approximate surface area is 119 Å². The zero-order chi connectivity index (χ0) is 14.7. The fraction of sp³-hybridized carbons (Fsp3) is 0.231. The molecule has 2 rings (SSSR count). The van der Waals surface area contributed by atoms with E-state index in [9.17, 15) is 9.18 Å². The number of nitrogens with zero attached hydrogens (tertiary/aromatic N) is 2. The van der Waals surface area contributed by atoms with Gasteiger partial charge in [0, 0.05) is 18.6 Å². The minimum absolute atomic E-state index is 0.0703. The van der Waals surface area contributed by atoms with Gasteiger partial charge in [0.25, 0.3) is 5.91 Å². The normalized spacial score (nSPS) is 10.2. The number of methoxy groups -OCH3 is 2. The van der Waals surface area contributed by atoms with Gasteiger partial charge in [0.2, 0.25) is 0 Å². The Kier molecular flexibility index (Phi) is 4.19. The molecule has 2 aromatic rings. The SMILES string of the molecule is COc1ccc(F)c(C(=O)N(C)c2nccs2)c1OC. The number of hydrogen-bond acceptors (Lipinski definition) is 5. The van der Waals surface area contributed by atoms with Crippen molar-refractivity contribution in [3.05, 3.63) is 35.1 Å². The summed E-state index contributed by atoms with van der Waals surface area (Å²) in [6.45, 7) is 0. The summed E-state index contributed by atoms with van der Waals surface area (Å²) in [5.74, 6) is -0.852. The van der Waals surface area contributed by atoms with Crippen molar-refractivity contribution in [2.75, 3.05) is 26.2 Å². The van der Waals surface area contributed by atoms with Gasteiger partial charge in [-0.15, -0.1) is 11.3 Å². The summed E-state index contributed by atoms with van der Waals surface area (Å²) in [6, 6.07) is 2.58. The smallest absolute Gasteiger partial charge is 0.266 e. The Balaban J connectivity index is 2.48. The largest absolute Gasteiger partial charge is 0.493 e. The first kappa shape index (κ1) is 14.3. The first-order chi connectivity index (χ1) is 9.60. The van der Waals surface area contributed by atoms with E-state index < -0.39 is 11.7 Å². The van der Waals surface area contributed by atoms with Crippen LogP contribution in [0.3, 0.4) is 0 Å². The first-order valence-electron chi connectivity index (χ1n) is 5.68. The van der Waals surface area contributed by atoms with Crippen LogP contribution in [0, 0.1) is 5.82 Å². The van der Waals surface area contributed by atoms with Gasteiger partial charge < -0.3 is 9.47 Å². The van der Waals surface area contributed by atoms with Crippen molar-refractivity contribution in [3.8, 4) is 11.5 Å². The van der Waals surface area contributed by atoms with E-state index in [-0.39, 0.29) is 11.3 Å². The highest BCUT2D eigenvalue weighted by Gasteiger charge is 2.26. The maximum absolute atomic E-state index is 14.0. The number of carbonyl (C=O) groups excluding carboxylic acids is 1. The van der Waals surface area contributed by atoms with Gasteiger partial charge in [-0.1, -0.05) is 0 Å².